The highest BCUT2D eigenvalue weighted by atomic mass is 35.5. The van der Waals surface area contributed by atoms with E-state index in [4.69, 9.17) is 25.8 Å². The number of rotatable bonds is 9. The van der Waals surface area contributed by atoms with E-state index in [1.165, 1.54) is 19.2 Å². The summed E-state index contributed by atoms with van der Waals surface area (Å²) in [5.74, 6) is -2.52. The SMILES string of the molecule is COC1C(OC(=O)NC(=O)CCl)CCC(O)(CS(=O)(=O)c2ccccc2)C1C1(C)OC1CC=C(C)C. The van der Waals surface area contributed by atoms with E-state index < -0.39 is 62.8 Å². The lowest BCUT2D eigenvalue weighted by Crippen LogP contribution is -2.63. The van der Waals surface area contributed by atoms with E-state index in [-0.39, 0.29) is 23.8 Å². The van der Waals surface area contributed by atoms with Gasteiger partial charge in [0.2, 0.25) is 5.91 Å². The second kappa shape index (κ2) is 11.2. The van der Waals surface area contributed by atoms with Crippen LogP contribution in [0.1, 0.15) is 40.0 Å². The fraction of sp³-hybridized carbons (Fsp3) is 0.600. The normalized spacial score (nSPS) is 31.8. The number of alkyl halides is 1. The van der Waals surface area contributed by atoms with Gasteiger partial charge in [0.1, 0.15) is 23.7 Å². The molecule has 1 saturated heterocycles. The van der Waals surface area contributed by atoms with Gasteiger partial charge in [-0.1, -0.05) is 29.8 Å². The second-order valence-electron chi connectivity index (χ2n) is 9.83. The molecule has 1 heterocycles. The monoisotopic (exact) mass is 543 g/mol. The maximum absolute atomic E-state index is 13.3. The summed E-state index contributed by atoms with van der Waals surface area (Å²) in [7, 11) is -2.46. The van der Waals surface area contributed by atoms with Crippen molar-refractivity contribution in [1.82, 2.24) is 5.32 Å². The van der Waals surface area contributed by atoms with Crippen LogP contribution in [0.3, 0.4) is 0 Å². The molecule has 3 rings (SSSR count). The number of alkyl carbamates (subject to hydrolysis) is 1. The van der Waals surface area contributed by atoms with Gasteiger partial charge in [-0.25, -0.2) is 13.2 Å². The van der Waals surface area contributed by atoms with E-state index in [0.717, 1.165) is 5.57 Å². The number of carbonyl (C=O) groups is 2. The minimum atomic E-state index is -3.87. The van der Waals surface area contributed by atoms with Gasteiger partial charge in [-0.05, 0) is 52.2 Å². The van der Waals surface area contributed by atoms with E-state index in [1.54, 1.807) is 18.2 Å². The molecule has 9 nitrogen and oxygen atoms in total. The Morgan fingerprint density at radius 1 is 1.28 bits per heavy atom. The van der Waals surface area contributed by atoms with Crippen LogP contribution >= 0.6 is 11.6 Å². The Balaban J connectivity index is 1.94. The number of hydrogen-bond acceptors (Lipinski definition) is 8. The van der Waals surface area contributed by atoms with Crippen LogP contribution in [-0.4, -0.2) is 73.8 Å². The van der Waals surface area contributed by atoms with Gasteiger partial charge in [-0.2, -0.15) is 0 Å². The van der Waals surface area contributed by atoms with Crippen LogP contribution in [0.5, 0.6) is 0 Å². The summed E-state index contributed by atoms with van der Waals surface area (Å²) in [4.78, 5) is 23.9. The zero-order valence-electron chi connectivity index (χ0n) is 20.9. The quantitative estimate of drug-likeness (QED) is 0.276. The summed E-state index contributed by atoms with van der Waals surface area (Å²) < 4.78 is 43.9. The highest BCUT2D eigenvalue weighted by Crippen LogP contribution is 2.55. The number of ether oxygens (including phenoxy) is 3. The largest absolute Gasteiger partial charge is 0.443 e. The van der Waals surface area contributed by atoms with Crippen LogP contribution in [0.2, 0.25) is 0 Å². The number of carbonyl (C=O) groups excluding carboxylic acids is 2. The summed E-state index contributed by atoms with van der Waals surface area (Å²) in [5, 5.41) is 14.0. The molecule has 1 aromatic rings. The first kappa shape index (κ1) is 28.6. The molecular weight excluding hydrogens is 510 g/mol. The molecule has 1 saturated carbocycles. The second-order valence-corrected chi connectivity index (χ2v) is 12.1. The van der Waals surface area contributed by atoms with Crippen molar-refractivity contribution in [3.8, 4) is 0 Å². The molecule has 1 aliphatic heterocycles. The summed E-state index contributed by atoms with van der Waals surface area (Å²) in [5.41, 5.74) is -1.56. The molecule has 1 aliphatic carbocycles. The lowest BCUT2D eigenvalue weighted by atomic mass is 9.66. The van der Waals surface area contributed by atoms with Gasteiger partial charge in [0.05, 0.1) is 28.3 Å². The van der Waals surface area contributed by atoms with Crippen LogP contribution in [-0.2, 0) is 28.8 Å². The zero-order chi connectivity index (χ0) is 26.7. The van der Waals surface area contributed by atoms with E-state index in [0.29, 0.717) is 6.42 Å². The molecule has 0 spiro atoms. The molecule has 2 aliphatic rings. The van der Waals surface area contributed by atoms with Gasteiger partial charge in [-0.3, -0.25) is 10.1 Å². The molecule has 6 unspecified atom stereocenters. The van der Waals surface area contributed by atoms with Gasteiger partial charge in [0, 0.05) is 7.11 Å². The molecule has 2 amide bonds. The first-order valence-electron chi connectivity index (χ1n) is 11.8. The molecule has 36 heavy (non-hydrogen) atoms. The van der Waals surface area contributed by atoms with Gasteiger partial charge in [0.15, 0.2) is 9.84 Å². The zero-order valence-corrected chi connectivity index (χ0v) is 22.5. The number of sulfone groups is 1. The van der Waals surface area contributed by atoms with Crippen molar-refractivity contribution >= 4 is 33.4 Å². The summed E-state index contributed by atoms with van der Waals surface area (Å²) >= 11 is 5.45. The maximum Gasteiger partial charge on any atom is 0.414 e. The minimum Gasteiger partial charge on any atom is -0.443 e. The molecule has 2 N–H and O–H groups in total. The lowest BCUT2D eigenvalue weighted by molar-refractivity contribution is -0.170. The van der Waals surface area contributed by atoms with E-state index in [9.17, 15) is 23.1 Å². The Labute approximate surface area is 217 Å². The molecule has 0 radical (unpaired) electrons. The van der Waals surface area contributed by atoms with Crippen LogP contribution in [0, 0.1) is 5.92 Å². The van der Waals surface area contributed by atoms with Crippen LogP contribution < -0.4 is 5.32 Å². The summed E-state index contributed by atoms with van der Waals surface area (Å²) in [6.07, 6.45) is -0.306. The maximum atomic E-state index is 13.3. The predicted octanol–water partition coefficient (Wildman–Crippen LogP) is 2.99. The average Bonchev–Trinajstić information content (AvgIpc) is 3.48. The van der Waals surface area contributed by atoms with Crippen LogP contribution in [0.15, 0.2) is 46.9 Å². The van der Waals surface area contributed by atoms with E-state index in [1.807, 2.05) is 32.2 Å². The number of imide groups is 1. The molecule has 6 atom stereocenters. The number of allylic oxidation sites excluding steroid dienone is 1. The highest BCUT2D eigenvalue weighted by Gasteiger charge is 2.68. The molecule has 1 aromatic carbocycles. The van der Waals surface area contributed by atoms with Crippen molar-refractivity contribution < 1.29 is 37.3 Å². The number of nitrogens with one attached hydrogen (secondary N) is 1. The fourth-order valence-electron chi connectivity index (χ4n) is 5.19. The molecule has 0 bridgehead atoms. The van der Waals surface area contributed by atoms with Crippen molar-refractivity contribution in [1.29, 1.82) is 0 Å². The fourth-order valence-corrected chi connectivity index (χ4v) is 6.98. The molecule has 2 fully saturated rings. The number of methoxy groups -OCH3 is 1. The van der Waals surface area contributed by atoms with E-state index >= 15 is 0 Å². The van der Waals surface area contributed by atoms with Crippen molar-refractivity contribution in [2.45, 2.75) is 74.4 Å². The number of amides is 2. The summed E-state index contributed by atoms with van der Waals surface area (Å²) in [6.45, 7) is 5.74. The van der Waals surface area contributed by atoms with Gasteiger partial charge >= 0.3 is 6.09 Å². The Hall–Kier alpha value is -1.98. The Kier molecular flexibility index (Phi) is 8.88. The van der Waals surface area contributed by atoms with Crippen LogP contribution in [0.25, 0.3) is 0 Å². The topological polar surface area (TPSA) is 132 Å². The Morgan fingerprint density at radius 3 is 2.53 bits per heavy atom. The third-order valence-corrected chi connectivity index (χ3v) is 9.02. The third-order valence-electron chi connectivity index (χ3n) is 6.91. The van der Waals surface area contributed by atoms with Gasteiger partial charge < -0.3 is 19.3 Å². The van der Waals surface area contributed by atoms with Crippen LogP contribution in [0.4, 0.5) is 4.79 Å². The number of benzene rings is 1. The molecular formula is C25H34ClNO8S. The average molecular weight is 544 g/mol. The number of hydrogen-bond donors (Lipinski definition) is 2. The van der Waals surface area contributed by atoms with Gasteiger partial charge in [0.25, 0.3) is 0 Å². The molecule has 0 aromatic heterocycles. The lowest BCUT2D eigenvalue weighted by Gasteiger charge is -2.48. The Bertz CT molecular complexity index is 1090. The first-order chi connectivity index (χ1) is 16.9. The Morgan fingerprint density at radius 2 is 1.94 bits per heavy atom. The van der Waals surface area contributed by atoms with Crippen molar-refractivity contribution in [2.75, 3.05) is 18.7 Å². The van der Waals surface area contributed by atoms with Crippen molar-refractivity contribution in [2.24, 2.45) is 5.92 Å². The third kappa shape index (κ3) is 6.28. The standard InChI is InChI=1S/C25H34ClNO8S/c1-16(2)10-11-19-24(3,35-19)22-21(33-4)18(34-23(29)27-20(28)14-26)12-13-25(22,30)15-36(31,32)17-8-6-5-7-9-17/h5-10,18-19,21-22,30H,11-15H2,1-4H3,(H,27,28,29). The number of aliphatic hydroxyl groups is 1. The van der Waals surface area contributed by atoms with Crippen molar-refractivity contribution in [3.05, 3.63) is 42.0 Å². The minimum absolute atomic E-state index is 0.0132. The number of halogens is 1. The van der Waals surface area contributed by atoms with Gasteiger partial charge in [-0.15, -0.1) is 11.6 Å². The predicted molar refractivity (Wildman–Crippen MR) is 133 cm³/mol. The van der Waals surface area contributed by atoms with E-state index in [2.05, 4.69) is 0 Å². The molecule has 200 valence electrons. The first-order valence-corrected chi connectivity index (χ1v) is 14.0. The van der Waals surface area contributed by atoms with Crippen molar-refractivity contribution in [3.63, 3.8) is 0 Å². The smallest absolute Gasteiger partial charge is 0.414 e. The highest BCUT2D eigenvalue weighted by molar-refractivity contribution is 7.91. The molecule has 11 heteroatoms. The summed E-state index contributed by atoms with van der Waals surface area (Å²) in [6, 6.07) is 7.94. The number of epoxide rings is 1.